The summed E-state index contributed by atoms with van der Waals surface area (Å²) in [4.78, 5) is 2.46. The van der Waals surface area contributed by atoms with Crippen molar-refractivity contribution in [2.45, 2.75) is 12.5 Å². The molecule has 1 unspecified atom stereocenters. The van der Waals surface area contributed by atoms with Gasteiger partial charge >= 0.3 is 0 Å². The van der Waals surface area contributed by atoms with E-state index < -0.39 is 0 Å². The lowest BCUT2D eigenvalue weighted by atomic mass is 10.2. The second-order valence-electron chi connectivity index (χ2n) is 4.43. The zero-order chi connectivity index (χ0) is 12.1. The Hall–Kier alpha value is -0.380. The van der Waals surface area contributed by atoms with E-state index >= 15 is 0 Å². The summed E-state index contributed by atoms with van der Waals surface area (Å²) in [6.45, 7) is 2.08. The van der Waals surface area contributed by atoms with Gasteiger partial charge in [0.1, 0.15) is 0 Å². The van der Waals surface area contributed by atoms with E-state index in [1.54, 1.807) is 0 Å². The minimum Gasteiger partial charge on any atom is -0.384 e. The van der Waals surface area contributed by atoms with Gasteiger partial charge < -0.3 is 10.2 Å². The van der Waals surface area contributed by atoms with Crippen molar-refractivity contribution < 1.29 is 0 Å². The topological polar surface area (TPSA) is 15.3 Å². The summed E-state index contributed by atoms with van der Waals surface area (Å²) in [6.07, 6.45) is 1.34. The molecule has 0 spiro atoms. The molecule has 2 nitrogen and oxygen atoms in total. The molecule has 17 heavy (non-hydrogen) atoms. The van der Waals surface area contributed by atoms with Crippen LogP contribution in [-0.4, -0.2) is 42.6 Å². The van der Waals surface area contributed by atoms with Gasteiger partial charge in [-0.3, -0.25) is 0 Å². The van der Waals surface area contributed by atoms with Crippen LogP contribution >= 0.6 is 23.4 Å². The molecule has 1 N–H and O–H groups in total. The predicted octanol–water partition coefficient (Wildman–Crippen LogP) is 3.19. The number of thioether (sulfide) groups is 1. The lowest BCUT2D eigenvalue weighted by Gasteiger charge is -2.23. The molecule has 0 saturated carbocycles. The summed E-state index contributed by atoms with van der Waals surface area (Å²) in [5.74, 6) is 2.61. The quantitative estimate of drug-likeness (QED) is 0.885. The molecule has 1 aromatic rings. The number of anilines is 1. The third kappa shape index (κ3) is 4.09. The lowest BCUT2D eigenvalue weighted by molar-refractivity contribution is 0.272. The van der Waals surface area contributed by atoms with Gasteiger partial charge in [0.15, 0.2) is 0 Å². The third-order valence-corrected chi connectivity index (χ3v) is 4.56. The molecule has 1 fully saturated rings. The Balaban J connectivity index is 1.70. The smallest absolute Gasteiger partial charge is 0.0407 e. The van der Waals surface area contributed by atoms with Gasteiger partial charge in [0.25, 0.3) is 0 Å². The first kappa shape index (κ1) is 13.1. The molecule has 0 aromatic heterocycles. The van der Waals surface area contributed by atoms with Crippen molar-refractivity contribution in [1.82, 2.24) is 4.90 Å². The number of halogens is 1. The molecule has 0 bridgehead atoms. The fourth-order valence-corrected chi connectivity index (χ4v) is 3.42. The second kappa shape index (κ2) is 6.53. The summed E-state index contributed by atoms with van der Waals surface area (Å²) in [5, 5.41) is 4.21. The summed E-state index contributed by atoms with van der Waals surface area (Å²) < 4.78 is 0. The summed E-state index contributed by atoms with van der Waals surface area (Å²) in [5.41, 5.74) is 1.14. The number of likely N-dealkylation sites (N-methyl/N-ethyl adjacent to an activating group) is 1. The van der Waals surface area contributed by atoms with Crippen molar-refractivity contribution in [3.8, 4) is 0 Å². The van der Waals surface area contributed by atoms with Crippen LogP contribution in [0.1, 0.15) is 6.42 Å². The number of nitrogens with one attached hydrogen (secondary N) is 1. The molecular formula is C13H19ClN2S. The van der Waals surface area contributed by atoms with Crippen LogP contribution in [0.15, 0.2) is 24.3 Å². The number of hydrogen-bond donors (Lipinski definition) is 1. The van der Waals surface area contributed by atoms with E-state index in [1.165, 1.54) is 17.9 Å². The Labute approximate surface area is 113 Å². The lowest BCUT2D eigenvalue weighted by Crippen LogP contribution is -2.35. The Morgan fingerprint density at radius 2 is 2.18 bits per heavy atom. The molecule has 1 saturated heterocycles. The maximum Gasteiger partial charge on any atom is 0.0407 e. The summed E-state index contributed by atoms with van der Waals surface area (Å²) in [6, 6.07) is 8.65. The average Bonchev–Trinajstić information content (AvgIpc) is 2.85. The zero-order valence-corrected chi connectivity index (χ0v) is 11.7. The van der Waals surface area contributed by atoms with Gasteiger partial charge in [-0.05, 0) is 43.5 Å². The molecule has 1 aromatic carbocycles. The monoisotopic (exact) mass is 270 g/mol. The van der Waals surface area contributed by atoms with E-state index in [9.17, 15) is 0 Å². The molecule has 0 amide bonds. The largest absolute Gasteiger partial charge is 0.384 e. The van der Waals surface area contributed by atoms with Gasteiger partial charge in [-0.25, -0.2) is 0 Å². The van der Waals surface area contributed by atoms with Gasteiger partial charge in [-0.1, -0.05) is 11.6 Å². The van der Waals surface area contributed by atoms with Crippen molar-refractivity contribution in [2.24, 2.45) is 0 Å². The number of hydrogen-bond acceptors (Lipinski definition) is 3. The van der Waals surface area contributed by atoms with Crippen molar-refractivity contribution in [1.29, 1.82) is 0 Å². The van der Waals surface area contributed by atoms with E-state index in [2.05, 4.69) is 29.0 Å². The number of rotatable bonds is 5. The normalized spacial score (nSPS) is 19.8. The van der Waals surface area contributed by atoms with E-state index in [0.717, 1.165) is 29.8 Å². The van der Waals surface area contributed by atoms with Gasteiger partial charge in [0.05, 0.1) is 0 Å². The SMILES string of the molecule is CN(CCNc1ccc(Cl)cc1)C1CCSC1. The fourth-order valence-electron chi connectivity index (χ4n) is 2.00. The highest BCUT2D eigenvalue weighted by molar-refractivity contribution is 7.99. The van der Waals surface area contributed by atoms with E-state index in [4.69, 9.17) is 11.6 Å². The van der Waals surface area contributed by atoms with Crippen molar-refractivity contribution >= 4 is 29.1 Å². The molecule has 0 aliphatic carbocycles. The van der Waals surface area contributed by atoms with Crippen LogP contribution in [0.3, 0.4) is 0 Å². The van der Waals surface area contributed by atoms with E-state index in [-0.39, 0.29) is 0 Å². The van der Waals surface area contributed by atoms with Crippen LogP contribution in [0.2, 0.25) is 5.02 Å². The Bertz CT molecular complexity index is 336. The molecule has 4 heteroatoms. The van der Waals surface area contributed by atoms with Crippen molar-refractivity contribution in [3.63, 3.8) is 0 Å². The number of nitrogens with zero attached hydrogens (tertiary/aromatic N) is 1. The Kier molecular flexibility index (Phi) is 5.01. The maximum absolute atomic E-state index is 5.84. The van der Waals surface area contributed by atoms with Crippen LogP contribution in [0.4, 0.5) is 5.69 Å². The van der Waals surface area contributed by atoms with Crippen molar-refractivity contribution in [2.75, 3.05) is 37.0 Å². The van der Waals surface area contributed by atoms with E-state index in [0.29, 0.717) is 0 Å². The zero-order valence-electron chi connectivity index (χ0n) is 10.2. The highest BCUT2D eigenvalue weighted by Gasteiger charge is 2.19. The Morgan fingerprint density at radius 1 is 1.41 bits per heavy atom. The first-order valence-electron chi connectivity index (χ1n) is 6.03. The highest BCUT2D eigenvalue weighted by Crippen LogP contribution is 2.21. The Morgan fingerprint density at radius 3 is 2.82 bits per heavy atom. The second-order valence-corrected chi connectivity index (χ2v) is 6.02. The molecule has 1 aliphatic rings. The molecule has 1 heterocycles. The maximum atomic E-state index is 5.84. The van der Waals surface area contributed by atoms with Crippen molar-refractivity contribution in [3.05, 3.63) is 29.3 Å². The third-order valence-electron chi connectivity index (χ3n) is 3.17. The van der Waals surface area contributed by atoms with Gasteiger partial charge in [-0.2, -0.15) is 11.8 Å². The highest BCUT2D eigenvalue weighted by atomic mass is 35.5. The molecule has 1 atom stereocenters. The van der Waals surface area contributed by atoms with Gasteiger partial charge in [-0.15, -0.1) is 0 Å². The first-order chi connectivity index (χ1) is 8.25. The average molecular weight is 271 g/mol. The summed E-state index contributed by atoms with van der Waals surface area (Å²) >= 11 is 7.91. The number of benzene rings is 1. The molecule has 1 aliphatic heterocycles. The van der Waals surface area contributed by atoms with Gasteiger partial charge in [0, 0.05) is 35.6 Å². The standard InChI is InChI=1S/C13H19ClN2S/c1-16(13-6-9-17-10-13)8-7-15-12-4-2-11(14)3-5-12/h2-5,13,15H,6-10H2,1H3. The molecule has 2 rings (SSSR count). The fraction of sp³-hybridized carbons (Fsp3) is 0.538. The minimum atomic E-state index is 0.770. The van der Waals surface area contributed by atoms with Crippen LogP contribution in [0.5, 0.6) is 0 Å². The first-order valence-corrected chi connectivity index (χ1v) is 7.56. The van der Waals surface area contributed by atoms with Gasteiger partial charge in [0.2, 0.25) is 0 Å². The minimum absolute atomic E-state index is 0.770. The van der Waals surface area contributed by atoms with Crippen LogP contribution < -0.4 is 5.32 Å². The van der Waals surface area contributed by atoms with Crippen LogP contribution in [0.25, 0.3) is 0 Å². The predicted molar refractivity (Wildman–Crippen MR) is 78.3 cm³/mol. The summed E-state index contributed by atoms with van der Waals surface area (Å²) in [7, 11) is 2.22. The molecular weight excluding hydrogens is 252 g/mol. The van der Waals surface area contributed by atoms with E-state index in [1.807, 2.05) is 24.3 Å². The van der Waals surface area contributed by atoms with Crippen LogP contribution in [0, 0.1) is 0 Å². The molecule has 0 radical (unpaired) electrons. The molecule has 94 valence electrons. The van der Waals surface area contributed by atoms with Crippen LogP contribution in [-0.2, 0) is 0 Å².